The minimum atomic E-state index is -2.68. The van der Waals surface area contributed by atoms with E-state index in [1.165, 1.54) is 10.4 Å². The molecule has 0 bridgehead atoms. The molecular formula is C27H38O5Si. The Kier molecular flexibility index (Phi) is 9.18. The van der Waals surface area contributed by atoms with E-state index in [1.807, 2.05) is 36.4 Å². The van der Waals surface area contributed by atoms with Gasteiger partial charge in [0, 0.05) is 13.0 Å². The monoisotopic (exact) mass is 470 g/mol. The Labute approximate surface area is 199 Å². The van der Waals surface area contributed by atoms with Gasteiger partial charge in [0.2, 0.25) is 0 Å². The zero-order chi connectivity index (χ0) is 24.7. The van der Waals surface area contributed by atoms with Gasteiger partial charge in [0.15, 0.2) is 0 Å². The number of hydrogen-bond donors (Lipinski definition) is 1. The van der Waals surface area contributed by atoms with Gasteiger partial charge in [-0.15, -0.1) is 0 Å². The van der Waals surface area contributed by atoms with Crippen molar-refractivity contribution in [3.8, 4) is 0 Å². The van der Waals surface area contributed by atoms with Gasteiger partial charge < -0.3 is 14.3 Å². The van der Waals surface area contributed by atoms with Gasteiger partial charge in [-0.2, -0.15) is 0 Å². The average molecular weight is 471 g/mol. The highest BCUT2D eigenvalue weighted by Gasteiger charge is 2.50. The fraction of sp³-hybridized carbons (Fsp3) is 0.481. The third-order valence-corrected chi connectivity index (χ3v) is 10.5. The number of hydrogen-bond acceptors (Lipinski definition) is 5. The Balaban J connectivity index is 2.11. The molecular weight excluding hydrogens is 432 g/mol. The van der Waals surface area contributed by atoms with E-state index in [0.717, 1.165) is 0 Å². The highest BCUT2D eigenvalue weighted by molar-refractivity contribution is 6.99. The fourth-order valence-corrected chi connectivity index (χ4v) is 8.66. The molecule has 6 heteroatoms. The summed E-state index contributed by atoms with van der Waals surface area (Å²) in [5, 5.41) is 12.6. The van der Waals surface area contributed by atoms with Gasteiger partial charge >= 0.3 is 5.97 Å². The minimum Gasteiger partial charge on any atom is -0.460 e. The number of rotatable bonds is 10. The van der Waals surface area contributed by atoms with Crippen LogP contribution in [-0.4, -0.2) is 43.5 Å². The summed E-state index contributed by atoms with van der Waals surface area (Å²) in [5.41, 5.74) is -0.639. The summed E-state index contributed by atoms with van der Waals surface area (Å²) in [5.74, 6) is -0.898. The van der Waals surface area contributed by atoms with Gasteiger partial charge in [0.05, 0.1) is 6.10 Å². The SMILES string of the molecule is CC(C)(C)OC(=O)CC(=O)CC(O)CCO[Si](c1ccccc1)(c1ccccc1)C(C)(C)C. The lowest BCUT2D eigenvalue weighted by Gasteiger charge is -2.43. The number of aliphatic hydroxyl groups excluding tert-OH is 1. The summed E-state index contributed by atoms with van der Waals surface area (Å²) >= 11 is 0. The van der Waals surface area contributed by atoms with Crippen molar-refractivity contribution in [1.29, 1.82) is 0 Å². The average Bonchev–Trinajstić information content (AvgIpc) is 2.70. The highest BCUT2D eigenvalue weighted by Crippen LogP contribution is 2.36. The Hall–Kier alpha value is -2.28. The maximum absolute atomic E-state index is 12.2. The van der Waals surface area contributed by atoms with Crippen LogP contribution in [-0.2, 0) is 18.8 Å². The number of ketones is 1. The van der Waals surface area contributed by atoms with Gasteiger partial charge in [-0.1, -0.05) is 81.4 Å². The molecule has 0 amide bonds. The van der Waals surface area contributed by atoms with Gasteiger partial charge in [-0.05, 0) is 42.6 Å². The van der Waals surface area contributed by atoms with Crippen LogP contribution in [0.25, 0.3) is 0 Å². The van der Waals surface area contributed by atoms with Crippen LogP contribution in [0.15, 0.2) is 60.7 Å². The van der Waals surface area contributed by atoms with Gasteiger partial charge in [-0.3, -0.25) is 9.59 Å². The molecule has 0 aliphatic heterocycles. The molecule has 0 heterocycles. The molecule has 1 unspecified atom stereocenters. The van der Waals surface area contributed by atoms with E-state index in [-0.39, 0.29) is 23.7 Å². The maximum Gasteiger partial charge on any atom is 0.313 e. The summed E-state index contributed by atoms with van der Waals surface area (Å²) < 4.78 is 11.9. The molecule has 0 aromatic heterocycles. The lowest BCUT2D eigenvalue weighted by Crippen LogP contribution is -2.66. The molecule has 33 heavy (non-hydrogen) atoms. The van der Waals surface area contributed by atoms with E-state index >= 15 is 0 Å². The number of carbonyl (C=O) groups is 2. The van der Waals surface area contributed by atoms with Crippen LogP contribution in [0, 0.1) is 0 Å². The number of esters is 1. The van der Waals surface area contributed by atoms with E-state index in [4.69, 9.17) is 9.16 Å². The molecule has 0 aliphatic carbocycles. The van der Waals surface area contributed by atoms with Gasteiger partial charge in [0.1, 0.15) is 17.8 Å². The van der Waals surface area contributed by atoms with Crippen LogP contribution in [0.4, 0.5) is 0 Å². The molecule has 1 atom stereocenters. The zero-order valence-corrected chi connectivity index (χ0v) is 21.8. The van der Waals surface area contributed by atoms with E-state index in [2.05, 4.69) is 45.0 Å². The first-order valence-corrected chi connectivity index (χ1v) is 13.4. The third kappa shape index (κ3) is 7.63. The van der Waals surface area contributed by atoms with E-state index in [0.29, 0.717) is 13.0 Å². The molecule has 2 rings (SSSR count). The predicted octanol–water partition coefficient (Wildman–Crippen LogP) is 4.01. The Morgan fingerprint density at radius 2 is 1.36 bits per heavy atom. The molecule has 2 aromatic carbocycles. The molecule has 5 nitrogen and oxygen atoms in total. The molecule has 2 aromatic rings. The van der Waals surface area contributed by atoms with Crippen LogP contribution in [0.5, 0.6) is 0 Å². The van der Waals surface area contributed by atoms with Crippen molar-refractivity contribution in [3.63, 3.8) is 0 Å². The summed E-state index contributed by atoms with van der Waals surface area (Å²) in [6.45, 7) is 12.2. The minimum absolute atomic E-state index is 0.0939. The van der Waals surface area contributed by atoms with Crippen molar-refractivity contribution >= 4 is 30.4 Å². The third-order valence-electron chi connectivity index (χ3n) is 5.41. The van der Waals surface area contributed by atoms with E-state index < -0.39 is 26.0 Å². The molecule has 0 fully saturated rings. The smallest absolute Gasteiger partial charge is 0.313 e. The first-order chi connectivity index (χ1) is 15.3. The van der Waals surface area contributed by atoms with Crippen molar-refractivity contribution in [2.45, 2.75) is 77.5 Å². The Morgan fingerprint density at radius 3 is 1.79 bits per heavy atom. The predicted molar refractivity (Wildman–Crippen MR) is 134 cm³/mol. The molecule has 1 N–H and O–H groups in total. The van der Waals surface area contributed by atoms with Crippen molar-refractivity contribution in [1.82, 2.24) is 0 Å². The van der Waals surface area contributed by atoms with Crippen LogP contribution < -0.4 is 10.4 Å². The topological polar surface area (TPSA) is 72.8 Å². The van der Waals surface area contributed by atoms with E-state index in [9.17, 15) is 14.7 Å². The highest BCUT2D eigenvalue weighted by atomic mass is 28.4. The largest absolute Gasteiger partial charge is 0.460 e. The normalized spacial score (nSPS) is 13.4. The summed E-state index contributed by atoms with van der Waals surface area (Å²) in [6, 6.07) is 20.6. The Morgan fingerprint density at radius 1 is 0.879 bits per heavy atom. The van der Waals surface area contributed by atoms with Crippen molar-refractivity contribution < 1.29 is 23.9 Å². The first kappa shape index (κ1) is 27.0. The summed E-state index contributed by atoms with van der Waals surface area (Å²) in [7, 11) is -2.68. The number of carbonyl (C=O) groups excluding carboxylic acids is 2. The second-order valence-electron chi connectivity index (χ2n) is 10.5. The van der Waals surface area contributed by atoms with Crippen LogP contribution in [0.3, 0.4) is 0 Å². The summed E-state index contributed by atoms with van der Waals surface area (Å²) in [4.78, 5) is 24.1. The Bertz CT molecular complexity index is 858. The second-order valence-corrected chi connectivity index (χ2v) is 14.8. The molecule has 0 saturated heterocycles. The molecule has 0 saturated carbocycles. The molecule has 0 radical (unpaired) electrons. The van der Waals surface area contributed by atoms with Crippen molar-refractivity contribution in [3.05, 3.63) is 60.7 Å². The first-order valence-electron chi connectivity index (χ1n) is 11.5. The maximum atomic E-state index is 12.2. The van der Waals surface area contributed by atoms with Crippen LogP contribution in [0.2, 0.25) is 5.04 Å². The van der Waals surface area contributed by atoms with Gasteiger partial charge in [0.25, 0.3) is 8.32 Å². The lowest BCUT2D eigenvalue weighted by molar-refractivity contribution is -0.156. The lowest BCUT2D eigenvalue weighted by atomic mass is 10.1. The van der Waals surface area contributed by atoms with Crippen molar-refractivity contribution in [2.24, 2.45) is 0 Å². The summed E-state index contributed by atoms with van der Waals surface area (Å²) in [6.07, 6.45) is -0.990. The number of aliphatic hydroxyl groups is 1. The number of benzene rings is 2. The van der Waals surface area contributed by atoms with Crippen molar-refractivity contribution in [2.75, 3.05) is 6.61 Å². The van der Waals surface area contributed by atoms with Gasteiger partial charge in [-0.25, -0.2) is 0 Å². The van der Waals surface area contributed by atoms with Crippen LogP contribution in [0.1, 0.15) is 60.8 Å². The standard InChI is InChI=1S/C27H38O5Si/c1-26(2,3)32-25(30)20-22(29)19-21(28)17-18-31-33(27(4,5)6,23-13-9-7-10-14-23)24-15-11-8-12-16-24/h7-16,21,28H,17-20H2,1-6H3. The second kappa shape index (κ2) is 11.2. The number of Topliss-reactive ketones (excluding diaryl/α,β-unsaturated/α-hetero) is 1. The number of ether oxygens (including phenoxy) is 1. The molecule has 0 spiro atoms. The zero-order valence-electron chi connectivity index (χ0n) is 20.8. The van der Waals surface area contributed by atoms with Crippen LogP contribution >= 0.6 is 0 Å². The molecule has 0 aliphatic rings. The molecule has 180 valence electrons. The fourth-order valence-electron chi connectivity index (χ4n) is 4.09. The van der Waals surface area contributed by atoms with E-state index in [1.54, 1.807) is 20.8 Å². The quantitative estimate of drug-likeness (QED) is 0.323.